The summed E-state index contributed by atoms with van der Waals surface area (Å²) in [5, 5.41) is 2.95. The van der Waals surface area contributed by atoms with Crippen molar-refractivity contribution in [1.82, 2.24) is 4.90 Å². The van der Waals surface area contributed by atoms with Crippen LogP contribution in [0.25, 0.3) is 0 Å². The fourth-order valence-electron chi connectivity index (χ4n) is 2.50. The number of hydrogen-bond donors (Lipinski definition) is 1. The molecular formula is C16H22N2O2. The molecule has 1 N–H and O–H groups in total. The molecule has 0 bridgehead atoms. The molecule has 2 rings (SSSR count). The summed E-state index contributed by atoms with van der Waals surface area (Å²) in [7, 11) is 0. The molecule has 0 aromatic heterocycles. The minimum atomic E-state index is 0.0113. The lowest BCUT2D eigenvalue weighted by Gasteiger charge is -2.31. The van der Waals surface area contributed by atoms with E-state index in [0.29, 0.717) is 19.5 Å². The largest absolute Gasteiger partial charge is 0.343 e. The van der Waals surface area contributed by atoms with Gasteiger partial charge in [0.15, 0.2) is 0 Å². The van der Waals surface area contributed by atoms with Crippen molar-refractivity contribution >= 4 is 17.5 Å². The second-order valence-electron chi connectivity index (χ2n) is 5.36. The Bertz CT molecular complexity index is 474. The molecule has 1 aliphatic heterocycles. The van der Waals surface area contributed by atoms with Gasteiger partial charge in [-0.05, 0) is 31.9 Å². The number of benzene rings is 1. The predicted molar refractivity (Wildman–Crippen MR) is 79.4 cm³/mol. The third-order valence-corrected chi connectivity index (χ3v) is 3.84. The number of nitrogens with zero attached hydrogens (tertiary/aromatic N) is 1. The molecule has 1 heterocycles. The number of carbonyl (C=O) groups is 2. The summed E-state index contributed by atoms with van der Waals surface area (Å²) in [6, 6.07) is 7.81. The van der Waals surface area contributed by atoms with Crippen LogP contribution in [0, 0.1) is 12.8 Å². The summed E-state index contributed by atoms with van der Waals surface area (Å²) in [6.07, 6.45) is 2.05. The van der Waals surface area contributed by atoms with Crippen molar-refractivity contribution in [1.29, 1.82) is 0 Å². The zero-order valence-electron chi connectivity index (χ0n) is 12.2. The first kappa shape index (κ1) is 14.6. The Morgan fingerprint density at radius 3 is 2.35 bits per heavy atom. The van der Waals surface area contributed by atoms with Crippen LogP contribution < -0.4 is 5.32 Å². The highest BCUT2D eigenvalue weighted by Gasteiger charge is 2.26. The number of anilines is 1. The summed E-state index contributed by atoms with van der Waals surface area (Å²) < 4.78 is 0. The van der Waals surface area contributed by atoms with Crippen molar-refractivity contribution in [3.8, 4) is 0 Å². The highest BCUT2D eigenvalue weighted by Crippen LogP contribution is 2.20. The zero-order chi connectivity index (χ0) is 14.5. The van der Waals surface area contributed by atoms with Gasteiger partial charge in [-0.1, -0.05) is 24.6 Å². The van der Waals surface area contributed by atoms with Gasteiger partial charge in [0.1, 0.15) is 0 Å². The SMILES string of the molecule is CCC(=O)N1CCC(C(=O)Nc2ccc(C)cc2)CC1. The zero-order valence-corrected chi connectivity index (χ0v) is 12.2. The molecule has 1 aromatic carbocycles. The summed E-state index contributed by atoms with van der Waals surface area (Å²) in [6.45, 7) is 5.28. The van der Waals surface area contributed by atoms with Gasteiger partial charge in [0.05, 0.1) is 0 Å². The van der Waals surface area contributed by atoms with Crippen LogP contribution >= 0.6 is 0 Å². The Kier molecular flexibility index (Phi) is 4.77. The Morgan fingerprint density at radius 1 is 1.20 bits per heavy atom. The van der Waals surface area contributed by atoms with E-state index in [1.165, 1.54) is 5.56 Å². The van der Waals surface area contributed by atoms with Gasteiger partial charge in [-0.3, -0.25) is 9.59 Å². The molecule has 0 aliphatic carbocycles. The van der Waals surface area contributed by atoms with Crippen LogP contribution in [0.1, 0.15) is 31.7 Å². The van der Waals surface area contributed by atoms with Crippen LogP contribution in [0.2, 0.25) is 0 Å². The van der Waals surface area contributed by atoms with Gasteiger partial charge in [-0.25, -0.2) is 0 Å². The standard InChI is InChI=1S/C16H22N2O2/c1-3-15(19)18-10-8-13(9-11-18)16(20)17-14-6-4-12(2)5-7-14/h4-7,13H,3,8-11H2,1-2H3,(H,17,20). The number of amides is 2. The average Bonchev–Trinajstić information content (AvgIpc) is 2.49. The van der Waals surface area contributed by atoms with Crippen molar-refractivity contribution in [2.24, 2.45) is 5.92 Å². The lowest BCUT2D eigenvalue weighted by Crippen LogP contribution is -2.41. The van der Waals surface area contributed by atoms with Crippen LogP contribution in [0.4, 0.5) is 5.69 Å². The number of rotatable bonds is 3. The molecule has 0 atom stereocenters. The predicted octanol–water partition coefficient (Wildman–Crippen LogP) is 2.58. The third-order valence-electron chi connectivity index (χ3n) is 3.84. The maximum atomic E-state index is 12.2. The molecule has 0 radical (unpaired) electrons. The van der Waals surface area contributed by atoms with Crippen molar-refractivity contribution in [2.45, 2.75) is 33.1 Å². The molecule has 4 nitrogen and oxygen atoms in total. The molecule has 1 saturated heterocycles. The molecular weight excluding hydrogens is 252 g/mol. The average molecular weight is 274 g/mol. The fourth-order valence-corrected chi connectivity index (χ4v) is 2.50. The normalized spacial score (nSPS) is 16.0. The van der Waals surface area contributed by atoms with E-state index >= 15 is 0 Å². The fraction of sp³-hybridized carbons (Fsp3) is 0.500. The molecule has 1 aromatic rings. The van der Waals surface area contributed by atoms with E-state index < -0.39 is 0 Å². The van der Waals surface area contributed by atoms with E-state index in [1.54, 1.807) is 0 Å². The van der Waals surface area contributed by atoms with E-state index in [9.17, 15) is 9.59 Å². The third kappa shape index (κ3) is 3.59. The van der Waals surface area contributed by atoms with Gasteiger partial charge in [-0.15, -0.1) is 0 Å². The Morgan fingerprint density at radius 2 is 1.80 bits per heavy atom. The monoisotopic (exact) mass is 274 g/mol. The van der Waals surface area contributed by atoms with Crippen molar-refractivity contribution in [2.75, 3.05) is 18.4 Å². The molecule has 0 unspecified atom stereocenters. The minimum absolute atomic E-state index is 0.0113. The Balaban J connectivity index is 1.85. The van der Waals surface area contributed by atoms with E-state index in [1.807, 2.05) is 43.0 Å². The maximum Gasteiger partial charge on any atom is 0.227 e. The van der Waals surface area contributed by atoms with E-state index in [0.717, 1.165) is 18.5 Å². The van der Waals surface area contributed by atoms with Crippen LogP contribution in [0.5, 0.6) is 0 Å². The first-order valence-corrected chi connectivity index (χ1v) is 7.25. The van der Waals surface area contributed by atoms with E-state index in [2.05, 4.69) is 5.32 Å². The molecule has 1 fully saturated rings. The van der Waals surface area contributed by atoms with Crippen LogP contribution in [0.15, 0.2) is 24.3 Å². The molecule has 0 saturated carbocycles. The van der Waals surface area contributed by atoms with Crippen molar-refractivity contribution in [3.05, 3.63) is 29.8 Å². The molecule has 2 amide bonds. The second-order valence-corrected chi connectivity index (χ2v) is 5.36. The van der Waals surface area contributed by atoms with Crippen LogP contribution in [-0.2, 0) is 9.59 Å². The Hall–Kier alpha value is -1.84. The lowest BCUT2D eigenvalue weighted by atomic mass is 9.95. The molecule has 4 heteroatoms. The van der Waals surface area contributed by atoms with Gasteiger partial charge in [0.25, 0.3) is 0 Å². The smallest absolute Gasteiger partial charge is 0.227 e. The highest BCUT2D eigenvalue weighted by molar-refractivity contribution is 5.92. The summed E-state index contributed by atoms with van der Waals surface area (Å²) in [5.41, 5.74) is 2.02. The topological polar surface area (TPSA) is 49.4 Å². The summed E-state index contributed by atoms with van der Waals surface area (Å²) >= 11 is 0. The van der Waals surface area contributed by atoms with Gasteiger partial charge >= 0.3 is 0 Å². The molecule has 1 aliphatic rings. The van der Waals surface area contributed by atoms with E-state index in [4.69, 9.17) is 0 Å². The second kappa shape index (κ2) is 6.55. The Labute approximate surface area is 120 Å². The van der Waals surface area contributed by atoms with Crippen LogP contribution in [-0.4, -0.2) is 29.8 Å². The van der Waals surface area contributed by atoms with E-state index in [-0.39, 0.29) is 17.7 Å². The summed E-state index contributed by atoms with van der Waals surface area (Å²) in [4.78, 5) is 25.6. The first-order valence-electron chi connectivity index (χ1n) is 7.25. The van der Waals surface area contributed by atoms with Crippen LogP contribution in [0.3, 0.4) is 0 Å². The molecule has 0 spiro atoms. The van der Waals surface area contributed by atoms with Crippen molar-refractivity contribution < 1.29 is 9.59 Å². The number of likely N-dealkylation sites (tertiary alicyclic amines) is 1. The minimum Gasteiger partial charge on any atom is -0.343 e. The maximum absolute atomic E-state index is 12.2. The van der Waals surface area contributed by atoms with Gasteiger partial charge in [0, 0.05) is 31.1 Å². The summed E-state index contributed by atoms with van der Waals surface area (Å²) in [5.74, 6) is 0.261. The number of carbonyl (C=O) groups excluding carboxylic acids is 2. The van der Waals surface area contributed by atoms with Gasteiger partial charge in [-0.2, -0.15) is 0 Å². The highest BCUT2D eigenvalue weighted by atomic mass is 16.2. The molecule has 20 heavy (non-hydrogen) atoms. The molecule has 108 valence electrons. The first-order chi connectivity index (χ1) is 9.60. The number of nitrogens with one attached hydrogen (secondary N) is 1. The number of piperidine rings is 1. The number of aryl methyl sites for hydroxylation is 1. The quantitative estimate of drug-likeness (QED) is 0.921. The lowest BCUT2D eigenvalue weighted by molar-refractivity contribution is -0.134. The van der Waals surface area contributed by atoms with Gasteiger partial charge in [0.2, 0.25) is 11.8 Å². The number of hydrogen-bond acceptors (Lipinski definition) is 2. The van der Waals surface area contributed by atoms with Gasteiger partial charge < -0.3 is 10.2 Å². The van der Waals surface area contributed by atoms with Crippen molar-refractivity contribution in [3.63, 3.8) is 0 Å².